The lowest BCUT2D eigenvalue weighted by molar-refractivity contribution is -0.386. The summed E-state index contributed by atoms with van der Waals surface area (Å²) < 4.78 is 10.4. The first-order valence-corrected chi connectivity index (χ1v) is 7.01. The van der Waals surface area contributed by atoms with Crippen LogP contribution in [0.25, 0.3) is 6.08 Å². The van der Waals surface area contributed by atoms with Crippen molar-refractivity contribution in [2.75, 3.05) is 0 Å². The first-order valence-electron chi connectivity index (χ1n) is 7.01. The maximum Gasteiger partial charge on any atom is 0.310 e. The molecular formula is C16H15N3O5. The third-order valence-corrected chi connectivity index (χ3v) is 2.87. The van der Waals surface area contributed by atoms with Crippen LogP contribution in [0.3, 0.4) is 0 Å². The minimum atomic E-state index is -0.947. The SMILES string of the molecule is CC(Oc1ccccc1[N+](=O)[O-])C(=O)NN=CC=Cc1ccco1. The van der Waals surface area contributed by atoms with E-state index in [4.69, 9.17) is 9.15 Å². The fourth-order valence-electron chi connectivity index (χ4n) is 1.71. The van der Waals surface area contributed by atoms with Gasteiger partial charge in [0.2, 0.25) is 0 Å². The highest BCUT2D eigenvalue weighted by atomic mass is 16.6. The topological polar surface area (TPSA) is 107 Å². The van der Waals surface area contributed by atoms with Gasteiger partial charge in [-0.05, 0) is 37.3 Å². The Labute approximate surface area is 137 Å². The van der Waals surface area contributed by atoms with E-state index in [1.165, 1.54) is 31.3 Å². The summed E-state index contributed by atoms with van der Waals surface area (Å²) in [6.07, 6.45) is 5.23. The van der Waals surface area contributed by atoms with Crippen LogP contribution in [0.15, 0.2) is 58.3 Å². The van der Waals surface area contributed by atoms with E-state index < -0.39 is 16.9 Å². The van der Waals surface area contributed by atoms with E-state index in [1.807, 2.05) is 0 Å². The summed E-state index contributed by atoms with van der Waals surface area (Å²) in [4.78, 5) is 22.2. The van der Waals surface area contributed by atoms with Crippen molar-refractivity contribution >= 4 is 23.9 Å². The Balaban J connectivity index is 1.87. The molecule has 24 heavy (non-hydrogen) atoms. The van der Waals surface area contributed by atoms with Gasteiger partial charge in [-0.2, -0.15) is 5.10 Å². The average molecular weight is 329 g/mol. The van der Waals surface area contributed by atoms with Gasteiger partial charge in [-0.1, -0.05) is 12.1 Å². The summed E-state index contributed by atoms with van der Waals surface area (Å²) in [5.41, 5.74) is 2.08. The molecule has 0 aliphatic heterocycles. The maximum absolute atomic E-state index is 11.9. The Hall–Kier alpha value is -3.42. The number of nitrogens with zero attached hydrogens (tertiary/aromatic N) is 2. The predicted molar refractivity (Wildman–Crippen MR) is 87.6 cm³/mol. The van der Waals surface area contributed by atoms with Crippen molar-refractivity contribution in [3.8, 4) is 5.75 Å². The highest BCUT2D eigenvalue weighted by Gasteiger charge is 2.20. The van der Waals surface area contributed by atoms with E-state index in [-0.39, 0.29) is 11.4 Å². The van der Waals surface area contributed by atoms with E-state index in [9.17, 15) is 14.9 Å². The molecule has 0 saturated heterocycles. The molecule has 0 radical (unpaired) electrons. The number of nitro groups is 1. The minimum absolute atomic E-state index is 0.0202. The van der Waals surface area contributed by atoms with Crippen LogP contribution in [-0.2, 0) is 4.79 Å². The molecule has 0 spiro atoms. The van der Waals surface area contributed by atoms with Gasteiger partial charge in [-0.3, -0.25) is 14.9 Å². The summed E-state index contributed by atoms with van der Waals surface area (Å²) in [5, 5.41) is 14.6. The number of carbonyl (C=O) groups is 1. The van der Waals surface area contributed by atoms with Crippen LogP contribution in [0.1, 0.15) is 12.7 Å². The molecule has 1 unspecified atom stereocenters. The van der Waals surface area contributed by atoms with Crippen molar-refractivity contribution in [3.63, 3.8) is 0 Å². The number of rotatable bonds is 7. The number of allylic oxidation sites excluding steroid dienone is 1. The zero-order chi connectivity index (χ0) is 17.4. The van der Waals surface area contributed by atoms with E-state index in [1.54, 1.807) is 36.6 Å². The standard InChI is InChI=1S/C16H15N3O5/c1-12(24-15-9-3-2-8-14(15)19(21)22)16(20)18-17-10-4-6-13-7-5-11-23-13/h2-12H,1H3,(H,18,20). The number of para-hydroxylation sites is 2. The van der Waals surface area contributed by atoms with Gasteiger partial charge in [0.25, 0.3) is 5.91 Å². The molecule has 0 fully saturated rings. The monoisotopic (exact) mass is 329 g/mol. The first-order chi connectivity index (χ1) is 11.6. The third kappa shape index (κ3) is 4.80. The Morgan fingerprint density at radius 1 is 1.38 bits per heavy atom. The van der Waals surface area contributed by atoms with E-state index in [2.05, 4.69) is 10.5 Å². The largest absolute Gasteiger partial charge is 0.474 e. The number of amides is 1. The number of hydrogen-bond acceptors (Lipinski definition) is 6. The van der Waals surface area contributed by atoms with Crippen LogP contribution >= 0.6 is 0 Å². The predicted octanol–water partition coefficient (Wildman–Crippen LogP) is 2.77. The van der Waals surface area contributed by atoms with Gasteiger partial charge in [0.05, 0.1) is 11.2 Å². The number of nitro benzene ring substituents is 1. The Bertz CT molecular complexity index is 753. The lowest BCUT2D eigenvalue weighted by atomic mass is 10.3. The molecule has 2 aromatic rings. The number of carbonyl (C=O) groups excluding carboxylic acids is 1. The van der Waals surface area contributed by atoms with Gasteiger partial charge in [-0.15, -0.1) is 0 Å². The fraction of sp³-hybridized carbons (Fsp3) is 0.125. The number of hydrazone groups is 1. The number of hydrogen-bond donors (Lipinski definition) is 1. The Morgan fingerprint density at radius 3 is 2.88 bits per heavy atom. The normalized spacial score (nSPS) is 12.4. The molecule has 124 valence electrons. The van der Waals surface area contributed by atoms with Crippen LogP contribution < -0.4 is 10.2 Å². The molecule has 8 heteroatoms. The van der Waals surface area contributed by atoms with Crippen LogP contribution in [0.4, 0.5) is 5.69 Å². The van der Waals surface area contributed by atoms with Gasteiger partial charge in [0, 0.05) is 12.3 Å². The molecule has 1 aromatic carbocycles. The third-order valence-electron chi connectivity index (χ3n) is 2.87. The van der Waals surface area contributed by atoms with Crippen molar-refractivity contribution in [1.82, 2.24) is 5.43 Å². The van der Waals surface area contributed by atoms with E-state index in [0.717, 1.165) is 0 Å². The van der Waals surface area contributed by atoms with Gasteiger partial charge in [-0.25, -0.2) is 5.43 Å². The molecule has 0 bridgehead atoms. The molecule has 8 nitrogen and oxygen atoms in total. The summed E-state index contributed by atoms with van der Waals surface area (Å²) in [6, 6.07) is 9.36. The Kier molecular flexibility index (Phi) is 5.84. The highest BCUT2D eigenvalue weighted by molar-refractivity contribution is 5.83. The fourth-order valence-corrected chi connectivity index (χ4v) is 1.71. The van der Waals surface area contributed by atoms with Crippen molar-refractivity contribution in [2.24, 2.45) is 5.10 Å². The molecular weight excluding hydrogens is 314 g/mol. The lowest BCUT2D eigenvalue weighted by Crippen LogP contribution is -2.33. The van der Waals surface area contributed by atoms with Crippen LogP contribution in [0.2, 0.25) is 0 Å². The van der Waals surface area contributed by atoms with Crippen molar-refractivity contribution < 1.29 is 18.9 Å². The number of furan rings is 1. The molecule has 1 aromatic heterocycles. The van der Waals surface area contributed by atoms with Gasteiger partial charge >= 0.3 is 5.69 Å². The van der Waals surface area contributed by atoms with Crippen molar-refractivity contribution in [2.45, 2.75) is 13.0 Å². The number of benzene rings is 1. The van der Waals surface area contributed by atoms with Gasteiger partial charge in [0.15, 0.2) is 11.9 Å². The molecule has 1 amide bonds. The number of nitrogens with one attached hydrogen (secondary N) is 1. The molecule has 0 saturated carbocycles. The quantitative estimate of drug-likeness (QED) is 0.477. The smallest absolute Gasteiger partial charge is 0.310 e. The molecule has 0 aliphatic rings. The highest BCUT2D eigenvalue weighted by Crippen LogP contribution is 2.26. The Morgan fingerprint density at radius 2 is 2.17 bits per heavy atom. The van der Waals surface area contributed by atoms with Gasteiger partial charge < -0.3 is 9.15 Å². The number of ether oxygens (including phenoxy) is 1. The lowest BCUT2D eigenvalue weighted by Gasteiger charge is -2.12. The second-order valence-electron chi connectivity index (χ2n) is 4.61. The average Bonchev–Trinajstić information content (AvgIpc) is 3.08. The van der Waals surface area contributed by atoms with E-state index >= 15 is 0 Å². The summed E-state index contributed by atoms with van der Waals surface area (Å²) in [6.45, 7) is 1.47. The molecule has 1 atom stereocenters. The summed E-state index contributed by atoms with van der Waals surface area (Å²) in [7, 11) is 0. The molecule has 1 N–H and O–H groups in total. The zero-order valence-electron chi connectivity index (χ0n) is 12.8. The van der Waals surface area contributed by atoms with Crippen LogP contribution in [0.5, 0.6) is 5.75 Å². The van der Waals surface area contributed by atoms with Crippen LogP contribution in [-0.4, -0.2) is 23.1 Å². The molecule has 0 aliphatic carbocycles. The summed E-state index contributed by atoms with van der Waals surface area (Å²) in [5.74, 6) is 0.142. The maximum atomic E-state index is 11.9. The van der Waals surface area contributed by atoms with Crippen molar-refractivity contribution in [1.29, 1.82) is 0 Å². The van der Waals surface area contributed by atoms with Crippen molar-refractivity contribution in [3.05, 3.63) is 64.6 Å². The zero-order valence-corrected chi connectivity index (χ0v) is 12.8. The minimum Gasteiger partial charge on any atom is -0.474 e. The van der Waals surface area contributed by atoms with Gasteiger partial charge in [0.1, 0.15) is 5.76 Å². The summed E-state index contributed by atoms with van der Waals surface area (Å²) >= 11 is 0. The molecule has 2 rings (SSSR count). The molecule has 1 heterocycles. The first kappa shape index (κ1) is 16.9. The van der Waals surface area contributed by atoms with E-state index in [0.29, 0.717) is 5.76 Å². The second kappa shape index (κ2) is 8.28. The second-order valence-corrected chi connectivity index (χ2v) is 4.61. The van der Waals surface area contributed by atoms with Crippen LogP contribution in [0, 0.1) is 10.1 Å².